The van der Waals surface area contributed by atoms with Gasteiger partial charge in [0.2, 0.25) is 0 Å². The summed E-state index contributed by atoms with van der Waals surface area (Å²) < 4.78 is 28.0. The molecule has 0 radical (unpaired) electrons. The zero-order valence-electron chi connectivity index (χ0n) is 12.0. The van der Waals surface area contributed by atoms with Crippen LogP contribution in [0, 0.1) is 25.5 Å². The normalized spacial score (nSPS) is 10.9. The molecule has 0 spiro atoms. The Balaban J connectivity index is 1.97. The van der Waals surface area contributed by atoms with Crippen LogP contribution in [0.3, 0.4) is 0 Å². The van der Waals surface area contributed by atoms with Gasteiger partial charge < -0.3 is 9.72 Å². The van der Waals surface area contributed by atoms with Crippen LogP contribution in [0.5, 0.6) is 0 Å². The highest BCUT2D eigenvalue weighted by atomic mass is 19.2. The maximum atomic E-state index is 13.2. The van der Waals surface area contributed by atoms with Crippen molar-refractivity contribution >= 4 is 17.2 Å². The van der Waals surface area contributed by atoms with Gasteiger partial charge in [-0.3, -0.25) is 4.79 Å². The van der Waals surface area contributed by atoms with Gasteiger partial charge in [-0.05, 0) is 44.2 Å². The molecule has 1 amide bonds. The third-order valence-electron chi connectivity index (χ3n) is 3.56. The average Bonchev–Trinajstić information content (AvgIpc) is 2.79. The minimum absolute atomic E-state index is 0.0425. The number of nitrogens with one attached hydrogen (secondary N) is 1. The van der Waals surface area contributed by atoms with Gasteiger partial charge in [0.1, 0.15) is 0 Å². The van der Waals surface area contributed by atoms with Crippen LogP contribution < -0.4 is 5.32 Å². The largest absolute Gasteiger partial charge is 0.319 e. The minimum atomic E-state index is -1.06. The summed E-state index contributed by atoms with van der Waals surface area (Å²) in [6.07, 6.45) is 1.85. The number of aromatic nitrogens is 2. The quantitative estimate of drug-likeness (QED) is 0.787. The number of hydrogen-bond acceptors (Lipinski definition) is 2. The highest BCUT2D eigenvalue weighted by Gasteiger charge is 2.13. The van der Waals surface area contributed by atoms with Crippen LogP contribution in [0.4, 0.5) is 14.5 Å². The number of hydrogen-bond donors (Lipinski definition) is 1. The number of carbonyl (C=O) groups is 1. The highest BCUT2D eigenvalue weighted by molar-refractivity contribution is 6.06. The predicted octanol–water partition coefficient (Wildman–Crippen LogP) is 3.48. The Bertz CT molecular complexity index is 886. The number of amides is 1. The van der Waals surface area contributed by atoms with Crippen molar-refractivity contribution in [3.05, 3.63) is 65.1 Å². The van der Waals surface area contributed by atoms with Crippen LogP contribution in [-0.2, 0) is 0 Å². The topological polar surface area (TPSA) is 46.4 Å². The number of anilines is 1. The number of carbonyl (C=O) groups excluding carboxylic acids is 1. The molecule has 0 saturated heterocycles. The van der Waals surface area contributed by atoms with E-state index < -0.39 is 17.5 Å². The van der Waals surface area contributed by atoms with E-state index >= 15 is 0 Å². The molecule has 22 heavy (non-hydrogen) atoms. The Labute approximate surface area is 125 Å². The summed E-state index contributed by atoms with van der Waals surface area (Å²) in [6, 6.07) is 6.51. The number of imidazole rings is 1. The molecule has 0 aliphatic rings. The lowest BCUT2D eigenvalue weighted by molar-refractivity contribution is 0.102. The van der Waals surface area contributed by atoms with E-state index in [1.807, 2.05) is 24.4 Å². The maximum Gasteiger partial charge on any atom is 0.255 e. The SMILES string of the molecule is Cc1nc2c(NC(=O)c3ccc(F)c(F)c3)cccn2c1C. The van der Waals surface area contributed by atoms with Crippen LogP contribution in [0.15, 0.2) is 36.5 Å². The second-order valence-corrected chi connectivity index (χ2v) is 4.98. The number of rotatable bonds is 2. The number of benzene rings is 1. The first-order valence-electron chi connectivity index (χ1n) is 6.68. The first-order chi connectivity index (χ1) is 10.5. The van der Waals surface area contributed by atoms with Crippen molar-refractivity contribution in [2.24, 2.45) is 0 Å². The highest BCUT2D eigenvalue weighted by Crippen LogP contribution is 2.20. The van der Waals surface area contributed by atoms with Gasteiger partial charge >= 0.3 is 0 Å². The Hall–Kier alpha value is -2.76. The lowest BCUT2D eigenvalue weighted by Crippen LogP contribution is -2.13. The predicted molar refractivity (Wildman–Crippen MR) is 79.0 cm³/mol. The van der Waals surface area contributed by atoms with E-state index in [9.17, 15) is 13.6 Å². The molecule has 0 bridgehead atoms. The fourth-order valence-corrected chi connectivity index (χ4v) is 2.23. The van der Waals surface area contributed by atoms with E-state index in [4.69, 9.17) is 0 Å². The van der Waals surface area contributed by atoms with Gasteiger partial charge in [-0.25, -0.2) is 13.8 Å². The first-order valence-corrected chi connectivity index (χ1v) is 6.68. The fourth-order valence-electron chi connectivity index (χ4n) is 2.23. The molecule has 0 aliphatic carbocycles. The van der Waals surface area contributed by atoms with Gasteiger partial charge in [-0.2, -0.15) is 0 Å². The first kappa shape index (κ1) is 14.2. The van der Waals surface area contributed by atoms with Gasteiger partial charge in [-0.15, -0.1) is 0 Å². The average molecular weight is 301 g/mol. The summed E-state index contributed by atoms with van der Waals surface area (Å²) in [5, 5.41) is 2.68. The summed E-state index contributed by atoms with van der Waals surface area (Å²) in [5.41, 5.74) is 2.98. The zero-order valence-corrected chi connectivity index (χ0v) is 12.0. The van der Waals surface area contributed by atoms with Crippen molar-refractivity contribution in [3.8, 4) is 0 Å². The van der Waals surface area contributed by atoms with Crippen molar-refractivity contribution in [1.82, 2.24) is 9.38 Å². The molecule has 0 saturated carbocycles. The second kappa shape index (κ2) is 5.22. The number of fused-ring (bicyclic) bond motifs is 1. The van der Waals surface area contributed by atoms with Gasteiger partial charge in [0, 0.05) is 17.5 Å². The molecular weight excluding hydrogens is 288 g/mol. The van der Waals surface area contributed by atoms with E-state index in [-0.39, 0.29) is 5.56 Å². The minimum Gasteiger partial charge on any atom is -0.319 e. The lowest BCUT2D eigenvalue weighted by Gasteiger charge is -2.07. The summed E-state index contributed by atoms with van der Waals surface area (Å²) in [5.74, 6) is -2.57. The Morgan fingerprint density at radius 1 is 1.18 bits per heavy atom. The lowest BCUT2D eigenvalue weighted by atomic mass is 10.2. The molecule has 0 unspecified atom stereocenters. The summed E-state index contributed by atoms with van der Waals surface area (Å²) in [6.45, 7) is 3.81. The van der Waals surface area contributed by atoms with E-state index in [0.717, 1.165) is 23.5 Å². The molecule has 3 aromatic rings. The standard InChI is InChI=1S/C16H13F2N3O/c1-9-10(2)21-7-3-4-14(15(21)19-9)20-16(22)11-5-6-12(17)13(18)8-11/h3-8H,1-2H3,(H,20,22). The molecule has 4 nitrogen and oxygen atoms in total. The molecule has 0 aliphatic heterocycles. The molecule has 0 fully saturated rings. The van der Waals surface area contributed by atoms with Gasteiger partial charge in [0.05, 0.1) is 11.4 Å². The van der Waals surface area contributed by atoms with E-state index in [0.29, 0.717) is 11.3 Å². The van der Waals surface area contributed by atoms with E-state index in [2.05, 4.69) is 10.3 Å². The monoisotopic (exact) mass is 301 g/mol. The van der Waals surface area contributed by atoms with E-state index in [1.165, 1.54) is 6.07 Å². The molecule has 2 heterocycles. The number of aryl methyl sites for hydroxylation is 2. The zero-order chi connectivity index (χ0) is 15.9. The Morgan fingerprint density at radius 2 is 1.95 bits per heavy atom. The second-order valence-electron chi connectivity index (χ2n) is 4.98. The Morgan fingerprint density at radius 3 is 2.68 bits per heavy atom. The van der Waals surface area contributed by atoms with Gasteiger partial charge in [0.25, 0.3) is 5.91 Å². The number of pyridine rings is 1. The molecule has 1 N–H and O–H groups in total. The van der Waals surface area contributed by atoms with Gasteiger partial charge in [0.15, 0.2) is 17.3 Å². The number of nitrogens with zero attached hydrogens (tertiary/aromatic N) is 2. The van der Waals surface area contributed by atoms with Crippen molar-refractivity contribution in [3.63, 3.8) is 0 Å². The smallest absolute Gasteiger partial charge is 0.255 e. The van der Waals surface area contributed by atoms with Gasteiger partial charge in [-0.1, -0.05) is 0 Å². The van der Waals surface area contributed by atoms with Crippen LogP contribution in [0.2, 0.25) is 0 Å². The van der Waals surface area contributed by atoms with E-state index in [1.54, 1.807) is 12.1 Å². The maximum absolute atomic E-state index is 13.2. The summed E-state index contributed by atoms with van der Waals surface area (Å²) in [4.78, 5) is 16.6. The van der Waals surface area contributed by atoms with Crippen LogP contribution >= 0.6 is 0 Å². The van der Waals surface area contributed by atoms with Crippen molar-refractivity contribution < 1.29 is 13.6 Å². The summed E-state index contributed by atoms with van der Waals surface area (Å²) >= 11 is 0. The van der Waals surface area contributed by atoms with Crippen molar-refractivity contribution in [2.45, 2.75) is 13.8 Å². The molecule has 0 atom stereocenters. The van der Waals surface area contributed by atoms with Crippen LogP contribution in [-0.4, -0.2) is 15.3 Å². The third kappa shape index (κ3) is 2.32. The molecule has 112 valence electrons. The van der Waals surface area contributed by atoms with Crippen molar-refractivity contribution in [2.75, 3.05) is 5.32 Å². The fraction of sp³-hybridized carbons (Fsp3) is 0.125. The van der Waals surface area contributed by atoms with Crippen molar-refractivity contribution in [1.29, 1.82) is 0 Å². The molecule has 1 aromatic carbocycles. The molecular formula is C16H13F2N3O. The summed E-state index contributed by atoms with van der Waals surface area (Å²) in [7, 11) is 0. The Kier molecular flexibility index (Phi) is 3.36. The van der Waals surface area contributed by atoms with Crippen LogP contribution in [0.1, 0.15) is 21.7 Å². The van der Waals surface area contributed by atoms with Crippen LogP contribution in [0.25, 0.3) is 5.65 Å². The molecule has 6 heteroatoms. The molecule has 3 rings (SSSR count). The third-order valence-corrected chi connectivity index (χ3v) is 3.56. The molecule has 2 aromatic heterocycles. The number of halogens is 2.